The van der Waals surface area contributed by atoms with Crippen LogP contribution in [0.5, 0.6) is 0 Å². The topological polar surface area (TPSA) is 52.6 Å². The van der Waals surface area contributed by atoms with Crippen molar-refractivity contribution in [3.8, 4) is 0 Å². The summed E-state index contributed by atoms with van der Waals surface area (Å²) in [5, 5.41) is 12.1. The van der Waals surface area contributed by atoms with Crippen LogP contribution in [0.2, 0.25) is 0 Å². The molecule has 4 nitrogen and oxygen atoms in total. The molecular weight excluding hydrogens is 180 g/mol. The van der Waals surface area contributed by atoms with Gasteiger partial charge >= 0.3 is 5.97 Å². The highest BCUT2D eigenvalue weighted by Gasteiger charge is 2.21. The van der Waals surface area contributed by atoms with Crippen LogP contribution in [0.3, 0.4) is 0 Å². The molecule has 14 heavy (non-hydrogen) atoms. The quantitative estimate of drug-likeness (QED) is 0.689. The van der Waals surface area contributed by atoms with E-state index in [2.05, 4.69) is 19.2 Å². The molecule has 0 aliphatic carbocycles. The van der Waals surface area contributed by atoms with Gasteiger partial charge in [-0.05, 0) is 12.3 Å². The number of rotatable bonds is 4. The molecule has 0 amide bonds. The van der Waals surface area contributed by atoms with Crippen LogP contribution < -0.4 is 5.32 Å². The molecular formula is C10H20N2O2. The van der Waals surface area contributed by atoms with Crippen LogP contribution in [0.15, 0.2) is 0 Å². The van der Waals surface area contributed by atoms with Crippen molar-refractivity contribution in [2.75, 3.05) is 26.2 Å². The molecule has 1 fully saturated rings. The second-order valence-electron chi connectivity index (χ2n) is 4.41. The maximum atomic E-state index is 10.5. The van der Waals surface area contributed by atoms with Gasteiger partial charge in [-0.15, -0.1) is 0 Å². The van der Waals surface area contributed by atoms with Crippen LogP contribution >= 0.6 is 0 Å². The molecule has 0 bridgehead atoms. The molecule has 0 saturated carbocycles. The first kappa shape index (κ1) is 11.5. The Balaban J connectivity index is 2.32. The summed E-state index contributed by atoms with van der Waals surface area (Å²) in [6, 6.07) is 0.461. The SMILES string of the molecule is CC(C)CC1CN(CC(=O)O)CCN1. The van der Waals surface area contributed by atoms with Gasteiger partial charge in [0.1, 0.15) is 0 Å². The highest BCUT2D eigenvalue weighted by Crippen LogP contribution is 2.08. The van der Waals surface area contributed by atoms with Gasteiger partial charge in [0.25, 0.3) is 0 Å². The average molecular weight is 200 g/mol. The summed E-state index contributed by atoms with van der Waals surface area (Å²) in [5.74, 6) is -0.0625. The summed E-state index contributed by atoms with van der Waals surface area (Å²) >= 11 is 0. The monoisotopic (exact) mass is 200 g/mol. The van der Waals surface area contributed by atoms with E-state index in [1.54, 1.807) is 0 Å². The molecule has 1 heterocycles. The fourth-order valence-corrected chi connectivity index (χ4v) is 1.96. The van der Waals surface area contributed by atoms with E-state index >= 15 is 0 Å². The molecule has 1 saturated heterocycles. The number of piperazine rings is 1. The fourth-order valence-electron chi connectivity index (χ4n) is 1.96. The van der Waals surface area contributed by atoms with Gasteiger partial charge in [0, 0.05) is 25.7 Å². The molecule has 1 aliphatic heterocycles. The van der Waals surface area contributed by atoms with Gasteiger partial charge in [-0.3, -0.25) is 9.69 Å². The number of carboxylic acids is 1. The van der Waals surface area contributed by atoms with E-state index in [9.17, 15) is 4.79 Å². The molecule has 4 heteroatoms. The summed E-state index contributed by atoms with van der Waals surface area (Å²) in [4.78, 5) is 12.5. The second-order valence-corrected chi connectivity index (χ2v) is 4.41. The summed E-state index contributed by atoms with van der Waals surface area (Å²) in [6.45, 7) is 7.18. The first-order valence-electron chi connectivity index (χ1n) is 5.25. The van der Waals surface area contributed by atoms with Crippen LogP contribution in [-0.2, 0) is 4.79 Å². The van der Waals surface area contributed by atoms with E-state index in [-0.39, 0.29) is 6.54 Å². The van der Waals surface area contributed by atoms with Gasteiger partial charge in [0.05, 0.1) is 6.54 Å². The Kier molecular flexibility index (Phi) is 4.35. The minimum atomic E-state index is -0.727. The molecule has 0 aromatic rings. The number of hydrogen-bond acceptors (Lipinski definition) is 3. The van der Waals surface area contributed by atoms with Gasteiger partial charge in [-0.25, -0.2) is 0 Å². The van der Waals surface area contributed by atoms with E-state index in [4.69, 9.17) is 5.11 Å². The van der Waals surface area contributed by atoms with Crippen molar-refractivity contribution in [1.29, 1.82) is 0 Å². The lowest BCUT2D eigenvalue weighted by Crippen LogP contribution is -2.52. The average Bonchev–Trinajstić information content (AvgIpc) is 2.01. The van der Waals surface area contributed by atoms with Crippen molar-refractivity contribution >= 4 is 5.97 Å². The molecule has 0 spiro atoms. The zero-order valence-corrected chi connectivity index (χ0v) is 8.99. The van der Waals surface area contributed by atoms with Crippen LogP contribution in [0.1, 0.15) is 20.3 Å². The normalized spacial score (nSPS) is 24.1. The summed E-state index contributed by atoms with van der Waals surface area (Å²) in [5.41, 5.74) is 0. The van der Waals surface area contributed by atoms with Gasteiger partial charge in [0.15, 0.2) is 0 Å². The molecule has 2 N–H and O–H groups in total. The van der Waals surface area contributed by atoms with Crippen molar-refractivity contribution < 1.29 is 9.90 Å². The lowest BCUT2D eigenvalue weighted by molar-refractivity contribution is -0.138. The zero-order valence-electron chi connectivity index (χ0n) is 8.99. The van der Waals surface area contributed by atoms with E-state index in [0.717, 1.165) is 26.1 Å². The van der Waals surface area contributed by atoms with Crippen LogP contribution in [0.4, 0.5) is 0 Å². The molecule has 1 unspecified atom stereocenters. The first-order valence-corrected chi connectivity index (χ1v) is 5.25. The largest absolute Gasteiger partial charge is 0.480 e. The lowest BCUT2D eigenvalue weighted by Gasteiger charge is -2.33. The Morgan fingerprint density at radius 2 is 2.36 bits per heavy atom. The Morgan fingerprint density at radius 3 is 2.93 bits per heavy atom. The third kappa shape index (κ3) is 4.07. The van der Waals surface area contributed by atoms with Crippen molar-refractivity contribution in [2.45, 2.75) is 26.3 Å². The first-order chi connectivity index (χ1) is 6.58. The van der Waals surface area contributed by atoms with E-state index < -0.39 is 5.97 Å². The van der Waals surface area contributed by atoms with Crippen molar-refractivity contribution in [3.05, 3.63) is 0 Å². The molecule has 82 valence electrons. The van der Waals surface area contributed by atoms with Crippen LogP contribution in [0.25, 0.3) is 0 Å². The zero-order chi connectivity index (χ0) is 10.6. The lowest BCUT2D eigenvalue weighted by atomic mass is 10.0. The van der Waals surface area contributed by atoms with Crippen LogP contribution in [0, 0.1) is 5.92 Å². The second kappa shape index (κ2) is 5.32. The van der Waals surface area contributed by atoms with Gasteiger partial charge in [-0.2, -0.15) is 0 Å². The summed E-state index contributed by atoms with van der Waals surface area (Å²) < 4.78 is 0. The minimum Gasteiger partial charge on any atom is -0.480 e. The standard InChI is InChI=1S/C10H20N2O2/c1-8(2)5-9-6-12(4-3-11-9)7-10(13)14/h8-9,11H,3-7H2,1-2H3,(H,13,14). The predicted molar refractivity (Wildman–Crippen MR) is 55.3 cm³/mol. The summed E-state index contributed by atoms with van der Waals surface area (Å²) in [6.07, 6.45) is 1.12. The Labute approximate surface area is 85.3 Å². The third-order valence-corrected chi connectivity index (χ3v) is 2.45. The molecule has 1 aliphatic rings. The number of nitrogens with one attached hydrogen (secondary N) is 1. The highest BCUT2D eigenvalue weighted by atomic mass is 16.4. The Morgan fingerprint density at radius 1 is 1.64 bits per heavy atom. The molecule has 1 rings (SSSR count). The van der Waals surface area contributed by atoms with E-state index in [0.29, 0.717) is 12.0 Å². The predicted octanol–water partition coefficient (Wildman–Crippen LogP) is 0.391. The fraction of sp³-hybridized carbons (Fsp3) is 0.900. The van der Waals surface area contributed by atoms with Gasteiger partial charge in [0.2, 0.25) is 0 Å². The van der Waals surface area contributed by atoms with E-state index in [1.807, 2.05) is 4.90 Å². The maximum absolute atomic E-state index is 10.5. The number of carboxylic acid groups (broad SMARTS) is 1. The van der Waals surface area contributed by atoms with Gasteiger partial charge < -0.3 is 10.4 Å². The number of carbonyl (C=O) groups is 1. The van der Waals surface area contributed by atoms with Crippen molar-refractivity contribution in [2.24, 2.45) is 5.92 Å². The van der Waals surface area contributed by atoms with Crippen LogP contribution in [-0.4, -0.2) is 48.2 Å². The molecule has 0 aromatic carbocycles. The number of hydrogen-bond donors (Lipinski definition) is 2. The van der Waals surface area contributed by atoms with E-state index in [1.165, 1.54) is 0 Å². The Bertz CT molecular complexity index is 195. The number of aliphatic carboxylic acids is 1. The Hall–Kier alpha value is -0.610. The third-order valence-electron chi connectivity index (χ3n) is 2.45. The molecule has 0 radical (unpaired) electrons. The minimum absolute atomic E-state index is 0.177. The summed E-state index contributed by atoms with van der Waals surface area (Å²) in [7, 11) is 0. The highest BCUT2D eigenvalue weighted by molar-refractivity contribution is 5.69. The van der Waals surface area contributed by atoms with Crippen molar-refractivity contribution in [3.63, 3.8) is 0 Å². The van der Waals surface area contributed by atoms with Crippen molar-refractivity contribution in [1.82, 2.24) is 10.2 Å². The number of nitrogens with zero attached hydrogens (tertiary/aromatic N) is 1. The molecule has 1 atom stereocenters. The molecule has 0 aromatic heterocycles. The smallest absolute Gasteiger partial charge is 0.317 e. The van der Waals surface area contributed by atoms with Gasteiger partial charge in [-0.1, -0.05) is 13.8 Å². The maximum Gasteiger partial charge on any atom is 0.317 e.